The summed E-state index contributed by atoms with van der Waals surface area (Å²) in [6.45, 7) is 7.79. The lowest BCUT2D eigenvalue weighted by atomic mass is 10.1. The summed E-state index contributed by atoms with van der Waals surface area (Å²) < 4.78 is 5.50. The van der Waals surface area contributed by atoms with Crippen LogP contribution in [-0.2, 0) is 6.54 Å². The van der Waals surface area contributed by atoms with Gasteiger partial charge in [-0.15, -0.1) is 0 Å². The normalized spacial score (nSPS) is 10.3. The van der Waals surface area contributed by atoms with Crippen LogP contribution < -0.4 is 10.1 Å². The van der Waals surface area contributed by atoms with E-state index < -0.39 is 0 Å². The molecule has 0 radical (unpaired) electrons. The number of hydrogen-bond donors (Lipinski definition) is 1. The topological polar surface area (TPSA) is 21.3 Å². The first-order valence-corrected chi connectivity index (χ1v) is 6.72. The van der Waals surface area contributed by atoms with Gasteiger partial charge >= 0.3 is 0 Å². The van der Waals surface area contributed by atoms with E-state index in [-0.39, 0.29) is 0 Å². The van der Waals surface area contributed by atoms with Crippen molar-refractivity contribution in [3.05, 3.63) is 59.2 Å². The van der Waals surface area contributed by atoms with Gasteiger partial charge < -0.3 is 10.1 Å². The van der Waals surface area contributed by atoms with Gasteiger partial charge in [-0.3, -0.25) is 0 Å². The molecule has 100 valence electrons. The summed E-state index contributed by atoms with van der Waals surface area (Å²) in [6.07, 6.45) is 0. The third-order valence-corrected chi connectivity index (χ3v) is 3.24. The molecule has 0 bridgehead atoms. The highest BCUT2D eigenvalue weighted by atomic mass is 16.5. The Bertz CT molecular complexity index is 549. The van der Waals surface area contributed by atoms with Crippen molar-refractivity contribution in [3.8, 4) is 5.75 Å². The molecule has 0 saturated heterocycles. The number of hydrogen-bond acceptors (Lipinski definition) is 2. The van der Waals surface area contributed by atoms with Crippen molar-refractivity contribution in [1.82, 2.24) is 0 Å². The van der Waals surface area contributed by atoms with E-state index in [0.29, 0.717) is 6.61 Å². The molecule has 2 nitrogen and oxygen atoms in total. The average molecular weight is 255 g/mol. The van der Waals surface area contributed by atoms with Crippen molar-refractivity contribution >= 4 is 5.69 Å². The Morgan fingerprint density at radius 1 is 1.00 bits per heavy atom. The van der Waals surface area contributed by atoms with Crippen molar-refractivity contribution in [3.63, 3.8) is 0 Å². The first-order chi connectivity index (χ1) is 9.20. The Morgan fingerprint density at radius 2 is 1.79 bits per heavy atom. The summed E-state index contributed by atoms with van der Waals surface area (Å²) in [5.41, 5.74) is 5.01. The maximum absolute atomic E-state index is 5.50. The van der Waals surface area contributed by atoms with Crippen LogP contribution in [0, 0.1) is 13.8 Å². The van der Waals surface area contributed by atoms with E-state index in [1.54, 1.807) is 0 Å². The molecule has 2 heteroatoms. The Labute approximate surface area is 115 Å². The van der Waals surface area contributed by atoms with Crippen LogP contribution in [0.5, 0.6) is 5.75 Å². The van der Waals surface area contributed by atoms with Gasteiger partial charge in [0.25, 0.3) is 0 Å². The van der Waals surface area contributed by atoms with E-state index >= 15 is 0 Å². The molecule has 0 spiro atoms. The van der Waals surface area contributed by atoms with E-state index in [2.05, 4.69) is 55.6 Å². The van der Waals surface area contributed by atoms with E-state index in [1.807, 2.05) is 13.0 Å². The molecule has 0 heterocycles. The van der Waals surface area contributed by atoms with Gasteiger partial charge in [0.15, 0.2) is 0 Å². The summed E-state index contributed by atoms with van der Waals surface area (Å²) in [5, 5.41) is 3.48. The summed E-state index contributed by atoms with van der Waals surface area (Å²) in [6, 6.07) is 14.6. The van der Waals surface area contributed by atoms with Gasteiger partial charge in [-0.25, -0.2) is 0 Å². The predicted molar refractivity (Wildman–Crippen MR) is 80.9 cm³/mol. The molecule has 2 aromatic rings. The Balaban J connectivity index is 2.06. The first-order valence-electron chi connectivity index (χ1n) is 6.72. The Morgan fingerprint density at radius 3 is 2.47 bits per heavy atom. The summed E-state index contributed by atoms with van der Waals surface area (Å²) in [7, 11) is 0. The Hall–Kier alpha value is -1.96. The third-order valence-electron chi connectivity index (χ3n) is 3.24. The van der Waals surface area contributed by atoms with Gasteiger partial charge in [0.1, 0.15) is 5.75 Å². The second-order valence-electron chi connectivity index (χ2n) is 4.69. The number of rotatable bonds is 5. The SMILES string of the molecule is CCOc1ccc(NCc2ccccc2C)c(C)c1. The molecule has 0 aliphatic rings. The molecule has 1 N–H and O–H groups in total. The zero-order valence-electron chi connectivity index (χ0n) is 11.9. The summed E-state index contributed by atoms with van der Waals surface area (Å²) >= 11 is 0. The minimum absolute atomic E-state index is 0.704. The molecule has 2 rings (SSSR count). The number of aryl methyl sites for hydroxylation is 2. The monoisotopic (exact) mass is 255 g/mol. The second kappa shape index (κ2) is 6.28. The van der Waals surface area contributed by atoms with E-state index in [4.69, 9.17) is 4.74 Å². The maximum atomic E-state index is 5.50. The molecule has 0 saturated carbocycles. The fraction of sp³-hybridized carbons (Fsp3) is 0.294. The summed E-state index contributed by atoms with van der Waals surface area (Å²) in [5.74, 6) is 0.932. The number of ether oxygens (including phenoxy) is 1. The maximum Gasteiger partial charge on any atom is 0.119 e. The lowest BCUT2D eigenvalue weighted by Crippen LogP contribution is -2.03. The van der Waals surface area contributed by atoms with Gasteiger partial charge in [0.05, 0.1) is 6.61 Å². The minimum atomic E-state index is 0.704. The first kappa shape index (κ1) is 13.5. The molecule has 2 aromatic carbocycles. The molecule has 0 amide bonds. The largest absolute Gasteiger partial charge is 0.494 e. The number of nitrogens with one attached hydrogen (secondary N) is 1. The van der Waals surface area contributed by atoms with E-state index in [1.165, 1.54) is 16.7 Å². The van der Waals surface area contributed by atoms with Gasteiger partial charge in [0, 0.05) is 12.2 Å². The molecule has 0 aromatic heterocycles. The molecule has 0 fully saturated rings. The number of benzene rings is 2. The molecule has 0 unspecified atom stereocenters. The zero-order chi connectivity index (χ0) is 13.7. The van der Waals surface area contributed by atoms with Crippen LogP contribution in [0.1, 0.15) is 23.6 Å². The highest BCUT2D eigenvalue weighted by molar-refractivity contribution is 5.54. The van der Waals surface area contributed by atoms with E-state index in [0.717, 1.165) is 18.0 Å². The molecule has 0 aliphatic heterocycles. The van der Waals surface area contributed by atoms with Gasteiger partial charge in [-0.2, -0.15) is 0 Å². The van der Waals surface area contributed by atoms with Crippen LogP contribution in [0.25, 0.3) is 0 Å². The average Bonchev–Trinajstić information content (AvgIpc) is 2.40. The standard InChI is InChI=1S/C17H21NO/c1-4-19-16-9-10-17(14(3)11-16)18-12-15-8-6-5-7-13(15)2/h5-11,18H,4,12H2,1-3H3. The van der Waals surface area contributed by atoms with Crippen LogP contribution in [0.3, 0.4) is 0 Å². The van der Waals surface area contributed by atoms with Crippen LogP contribution in [0.4, 0.5) is 5.69 Å². The van der Waals surface area contributed by atoms with Crippen LogP contribution in [0.15, 0.2) is 42.5 Å². The lowest BCUT2D eigenvalue weighted by molar-refractivity contribution is 0.340. The van der Waals surface area contributed by atoms with Crippen molar-refractivity contribution in [2.75, 3.05) is 11.9 Å². The quantitative estimate of drug-likeness (QED) is 0.859. The zero-order valence-corrected chi connectivity index (χ0v) is 11.9. The van der Waals surface area contributed by atoms with Crippen molar-refractivity contribution in [2.24, 2.45) is 0 Å². The fourth-order valence-corrected chi connectivity index (χ4v) is 2.09. The summed E-state index contributed by atoms with van der Waals surface area (Å²) in [4.78, 5) is 0. The lowest BCUT2D eigenvalue weighted by Gasteiger charge is -2.12. The third kappa shape index (κ3) is 3.50. The predicted octanol–water partition coefficient (Wildman–Crippen LogP) is 4.31. The fourth-order valence-electron chi connectivity index (χ4n) is 2.09. The smallest absolute Gasteiger partial charge is 0.119 e. The van der Waals surface area contributed by atoms with Crippen LogP contribution in [-0.4, -0.2) is 6.61 Å². The van der Waals surface area contributed by atoms with Crippen molar-refractivity contribution in [2.45, 2.75) is 27.3 Å². The van der Waals surface area contributed by atoms with Gasteiger partial charge in [0.2, 0.25) is 0 Å². The molecular formula is C17H21NO. The highest BCUT2D eigenvalue weighted by Gasteiger charge is 2.02. The number of anilines is 1. The molecule has 0 atom stereocenters. The van der Waals surface area contributed by atoms with Crippen LogP contribution in [0.2, 0.25) is 0 Å². The van der Waals surface area contributed by atoms with Crippen molar-refractivity contribution < 1.29 is 4.74 Å². The molecule has 19 heavy (non-hydrogen) atoms. The Kier molecular flexibility index (Phi) is 4.45. The molecular weight excluding hydrogens is 234 g/mol. The van der Waals surface area contributed by atoms with Gasteiger partial charge in [-0.1, -0.05) is 24.3 Å². The highest BCUT2D eigenvalue weighted by Crippen LogP contribution is 2.22. The van der Waals surface area contributed by atoms with Crippen LogP contribution >= 0.6 is 0 Å². The van der Waals surface area contributed by atoms with Crippen molar-refractivity contribution in [1.29, 1.82) is 0 Å². The van der Waals surface area contributed by atoms with Gasteiger partial charge in [-0.05, 0) is 55.7 Å². The van der Waals surface area contributed by atoms with E-state index in [9.17, 15) is 0 Å². The second-order valence-corrected chi connectivity index (χ2v) is 4.69. The minimum Gasteiger partial charge on any atom is -0.494 e. The molecule has 0 aliphatic carbocycles.